The van der Waals surface area contributed by atoms with Gasteiger partial charge in [-0.15, -0.1) is 0 Å². The summed E-state index contributed by atoms with van der Waals surface area (Å²) >= 11 is 0. The fourth-order valence-electron chi connectivity index (χ4n) is 4.00. The molecular weight excluding hydrogens is 340 g/mol. The van der Waals surface area contributed by atoms with Gasteiger partial charge in [0.15, 0.2) is 5.76 Å². The van der Waals surface area contributed by atoms with Crippen LogP contribution in [0.15, 0.2) is 21.3 Å². The Hall–Kier alpha value is -2.35. The Kier molecular flexibility index (Phi) is 4.22. The van der Waals surface area contributed by atoms with E-state index in [0.29, 0.717) is 12.5 Å². The van der Waals surface area contributed by atoms with E-state index in [9.17, 15) is 19.5 Å². The third-order valence-electron chi connectivity index (χ3n) is 5.66. The van der Waals surface area contributed by atoms with Crippen molar-refractivity contribution in [3.05, 3.63) is 28.3 Å². The molecule has 4 rings (SSSR count). The second kappa shape index (κ2) is 6.42. The first-order chi connectivity index (χ1) is 12.5. The number of hydrogen-bond acceptors (Lipinski definition) is 6. The summed E-state index contributed by atoms with van der Waals surface area (Å²) in [5.41, 5.74) is -1.33. The van der Waals surface area contributed by atoms with E-state index in [0.717, 1.165) is 50.8 Å². The highest BCUT2D eigenvalue weighted by atomic mass is 16.5. The average Bonchev–Trinajstić information content (AvgIpc) is 3.30. The van der Waals surface area contributed by atoms with Crippen molar-refractivity contribution in [3.63, 3.8) is 0 Å². The Balaban J connectivity index is 1.36. The molecule has 3 aliphatic rings. The van der Waals surface area contributed by atoms with Crippen molar-refractivity contribution in [2.24, 2.45) is 11.8 Å². The number of nitrogens with one attached hydrogen (secondary N) is 2. The normalized spacial score (nSPS) is 28.4. The molecule has 2 amide bonds. The fourth-order valence-corrected chi connectivity index (χ4v) is 4.00. The van der Waals surface area contributed by atoms with Gasteiger partial charge in [0.25, 0.3) is 5.91 Å². The monoisotopic (exact) mass is 362 g/mol. The van der Waals surface area contributed by atoms with Gasteiger partial charge >= 0.3 is 5.63 Å². The number of ether oxygens (including phenoxy) is 1. The van der Waals surface area contributed by atoms with Crippen molar-refractivity contribution in [3.8, 4) is 5.75 Å². The Bertz CT molecular complexity index is 772. The molecule has 26 heavy (non-hydrogen) atoms. The molecule has 8 nitrogen and oxygen atoms in total. The molecule has 8 heteroatoms. The minimum Gasteiger partial charge on any atom is -0.508 e. The van der Waals surface area contributed by atoms with E-state index in [2.05, 4.69) is 10.6 Å². The second-order valence-electron chi connectivity index (χ2n) is 7.47. The fraction of sp³-hybridized carbons (Fsp3) is 0.611. The number of rotatable bonds is 5. The molecule has 3 N–H and O–H groups in total. The van der Waals surface area contributed by atoms with Crippen LogP contribution in [0, 0.1) is 11.8 Å². The predicted molar refractivity (Wildman–Crippen MR) is 89.7 cm³/mol. The zero-order valence-corrected chi connectivity index (χ0v) is 14.3. The lowest BCUT2D eigenvalue weighted by Gasteiger charge is -2.42. The third kappa shape index (κ3) is 3.21. The summed E-state index contributed by atoms with van der Waals surface area (Å²) in [7, 11) is 0. The van der Waals surface area contributed by atoms with Crippen molar-refractivity contribution in [1.29, 1.82) is 0 Å². The Labute approximate surface area is 149 Å². The molecular formula is C18H22N2O6. The van der Waals surface area contributed by atoms with Gasteiger partial charge in [-0.1, -0.05) is 0 Å². The Morgan fingerprint density at radius 1 is 1.27 bits per heavy atom. The number of fused-ring (bicyclic) bond motifs is 1. The molecule has 1 saturated heterocycles. The molecule has 3 atom stereocenters. The summed E-state index contributed by atoms with van der Waals surface area (Å²) < 4.78 is 10.4. The number of carbonyl (C=O) groups is 2. The van der Waals surface area contributed by atoms with Gasteiger partial charge in [0.05, 0.1) is 23.6 Å². The van der Waals surface area contributed by atoms with Crippen molar-refractivity contribution in [2.45, 2.75) is 43.7 Å². The minimum absolute atomic E-state index is 0.0219. The molecule has 2 saturated carbocycles. The third-order valence-corrected chi connectivity index (χ3v) is 5.66. The molecule has 0 spiro atoms. The van der Waals surface area contributed by atoms with Crippen LogP contribution in [0.25, 0.3) is 0 Å². The standard InChI is InChI=1S/C18H22N2O6/c21-10-7-12(26-13(22)8-10)16(23)20-18(4-2-5-18)9-19-17(24)14-11-3-1-6-25-15(11)14/h7-8,11,14-15,21H,1-6,9H2,(H,19,24)(H,20,23)/t11-,14-,15-/m1/s1. The molecule has 0 aromatic carbocycles. The van der Waals surface area contributed by atoms with Crippen LogP contribution in [-0.2, 0) is 9.53 Å². The van der Waals surface area contributed by atoms with Crippen molar-refractivity contribution in [2.75, 3.05) is 13.2 Å². The summed E-state index contributed by atoms with van der Waals surface area (Å²) in [6, 6.07) is 2.00. The van der Waals surface area contributed by atoms with E-state index in [-0.39, 0.29) is 29.4 Å². The van der Waals surface area contributed by atoms with Crippen LogP contribution in [0.1, 0.15) is 42.7 Å². The van der Waals surface area contributed by atoms with E-state index in [1.54, 1.807) is 0 Å². The van der Waals surface area contributed by atoms with Gasteiger partial charge in [0.1, 0.15) is 5.75 Å². The Morgan fingerprint density at radius 3 is 2.69 bits per heavy atom. The quantitative estimate of drug-likeness (QED) is 0.704. The van der Waals surface area contributed by atoms with Crippen molar-refractivity contribution in [1.82, 2.24) is 10.6 Å². The predicted octanol–water partition coefficient (Wildman–Crippen LogP) is 0.539. The molecule has 2 heterocycles. The summed E-state index contributed by atoms with van der Waals surface area (Å²) in [4.78, 5) is 36.1. The summed E-state index contributed by atoms with van der Waals surface area (Å²) in [6.07, 6.45) is 4.49. The van der Waals surface area contributed by atoms with Gasteiger partial charge in [-0.05, 0) is 32.1 Å². The maximum atomic E-state index is 12.4. The maximum Gasteiger partial charge on any atom is 0.340 e. The van der Waals surface area contributed by atoms with Gasteiger partial charge in [-0.2, -0.15) is 0 Å². The largest absolute Gasteiger partial charge is 0.508 e. The van der Waals surface area contributed by atoms with Crippen LogP contribution in [0.2, 0.25) is 0 Å². The van der Waals surface area contributed by atoms with Crippen LogP contribution >= 0.6 is 0 Å². The van der Waals surface area contributed by atoms with Crippen molar-refractivity contribution < 1.29 is 23.8 Å². The first kappa shape index (κ1) is 17.1. The van der Waals surface area contributed by atoms with E-state index >= 15 is 0 Å². The van der Waals surface area contributed by atoms with Crippen LogP contribution < -0.4 is 16.3 Å². The SMILES string of the molecule is O=C(NC1(CNC(=O)[C@@H]2[C@H]3CCCO[C@H]32)CCC1)c1cc(O)cc(=O)o1. The molecule has 3 fully saturated rings. The molecule has 0 bridgehead atoms. The van der Waals surface area contributed by atoms with E-state index in [1.165, 1.54) is 0 Å². The lowest BCUT2D eigenvalue weighted by molar-refractivity contribution is -0.123. The van der Waals surface area contributed by atoms with Crippen LogP contribution in [0.3, 0.4) is 0 Å². The maximum absolute atomic E-state index is 12.4. The highest BCUT2D eigenvalue weighted by molar-refractivity contribution is 5.92. The number of amides is 2. The topological polar surface area (TPSA) is 118 Å². The van der Waals surface area contributed by atoms with Gasteiger partial charge in [-0.25, -0.2) is 4.79 Å². The van der Waals surface area contributed by atoms with Crippen LogP contribution in [-0.4, -0.2) is 41.7 Å². The van der Waals surface area contributed by atoms with Crippen molar-refractivity contribution >= 4 is 11.8 Å². The molecule has 2 aliphatic carbocycles. The molecule has 140 valence electrons. The smallest absolute Gasteiger partial charge is 0.340 e. The zero-order chi connectivity index (χ0) is 18.3. The van der Waals surface area contributed by atoms with E-state index in [1.807, 2.05) is 0 Å². The Morgan fingerprint density at radius 2 is 2.08 bits per heavy atom. The number of aromatic hydroxyl groups is 1. The minimum atomic E-state index is -0.789. The van der Waals surface area contributed by atoms with Crippen LogP contribution in [0.4, 0.5) is 0 Å². The summed E-state index contributed by atoms with van der Waals surface area (Å²) in [5.74, 6) is -0.902. The number of hydrogen-bond donors (Lipinski definition) is 3. The summed E-state index contributed by atoms with van der Waals surface area (Å²) in [5, 5.41) is 15.2. The molecule has 0 radical (unpaired) electrons. The van der Waals surface area contributed by atoms with Gasteiger partial charge in [0, 0.05) is 25.1 Å². The van der Waals surface area contributed by atoms with E-state index < -0.39 is 17.1 Å². The highest BCUT2D eigenvalue weighted by Crippen LogP contribution is 2.48. The summed E-state index contributed by atoms with van der Waals surface area (Å²) in [6.45, 7) is 1.05. The highest BCUT2D eigenvalue weighted by Gasteiger charge is 2.57. The second-order valence-corrected chi connectivity index (χ2v) is 7.47. The molecule has 1 aliphatic heterocycles. The lowest BCUT2D eigenvalue weighted by atomic mass is 9.76. The average molecular weight is 362 g/mol. The van der Waals surface area contributed by atoms with Gasteiger partial charge in [0.2, 0.25) is 5.91 Å². The van der Waals surface area contributed by atoms with E-state index in [4.69, 9.17) is 9.15 Å². The van der Waals surface area contributed by atoms with Crippen LogP contribution in [0.5, 0.6) is 5.75 Å². The zero-order valence-electron chi connectivity index (χ0n) is 14.3. The number of carbonyl (C=O) groups excluding carboxylic acids is 2. The first-order valence-electron chi connectivity index (χ1n) is 9.03. The van der Waals surface area contributed by atoms with Gasteiger partial charge < -0.3 is 24.9 Å². The van der Waals surface area contributed by atoms with Gasteiger partial charge in [-0.3, -0.25) is 9.59 Å². The molecule has 1 aromatic rings. The molecule has 1 aromatic heterocycles. The first-order valence-corrected chi connectivity index (χ1v) is 9.03. The molecule has 0 unspecified atom stereocenters. The lowest BCUT2D eigenvalue weighted by Crippen LogP contribution is -2.60.